The minimum atomic E-state index is -3.71. The van der Waals surface area contributed by atoms with Gasteiger partial charge in [-0.2, -0.15) is 12.7 Å². The fourth-order valence-corrected chi connectivity index (χ4v) is 2.82. The lowest BCUT2D eigenvalue weighted by Gasteiger charge is -2.30. The first-order valence-electron chi connectivity index (χ1n) is 5.73. The summed E-state index contributed by atoms with van der Waals surface area (Å²) in [5, 5.41) is 10.1. The molecule has 0 bridgehead atoms. The number of likely N-dealkylation sites (N-methyl/N-ethyl adjacent to an activating group) is 3. The maximum Gasteiger partial charge on any atom is 0.323 e. The summed E-state index contributed by atoms with van der Waals surface area (Å²) in [5.74, 6) is 0. The second-order valence-corrected chi connectivity index (χ2v) is 5.84. The van der Waals surface area contributed by atoms with Gasteiger partial charge in [-0.3, -0.25) is 4.90 Å². The smallest absolute Gasteiger partial charge is 0.323 e. The van der Waals surface area contributed by atoms with Crippen molar-refractivity contribution < 1.29 is 18.3 Å². The van der Waals surface area contributed by atoms with E-state index in [9.17, 15) is 18.3 Å². The van der Waals surface area contributed by atoms with Crippen molar-refractivity contribution in [3.05, 3.63) is 0 Å². The molecule has 0 unspecified atom stereocenters. The molecule has 0 saturated carbocycles. The molecular weight excluding hydrogens is 260 g/mol. The molecule has 0 aromatic carbocycles. The van der Waals surface area contributed by atoms with E-state index in [4.69, 9.17) is 0 Å². The van der Waals surface area contributed by atoms with Crippen LogP contribution in [0.1, 0.15) is 13.8 Å². The molecule has 8 nitrogen and oxygen atoms in total. The van der Waals surface area contributed by atoms with Crippen molar-refractivity contribution in [2.75, 3.05) is 27.2 Å². The van der Waals surface area contributed by atoms with Crippen LogP contribution in [-0.4, -0.2) is 73.2 Å². The summed E-state index contributed by atoms with van der Waals surface area (Å²) >= 11 is 0. The van der Waals surface area contributed by atoms with Crippen molar-refractivity contribution in [1.29, 1.82) is 0 Å². The van der Waals surface area contributed by atoms with Crippen LogP contribution < -0.4 is 4.72 Å². The van der Waals surface area contributed by atoms with Gasteiger partial charge in [0.05, 0.1) is 0 Å². The Labute approximate surface area is 107 Å². The maximum absolute atomic E-state index is 12.0. The number of aliphatic hydroxyl groups is 1. The van der Waals surface area contributed by atoms with Gasteiger partial charge in [0.1, 0.15) is 6.17 Å². The Balaban J connectivity index is 3.10. The molecule has 0 radical (unpaired) electrons. The van der Waals surface area contributed by atoms with E-state index in [2.05, 4.69) is 4.72 Å². The van der Waals surface area contributed by atoms with Gasteiger partial charge >= 0.3 is 6.03 Å². The quantitative estimate of drug-likeness (QED) is 0.662. The highest BCUT2D eigenvalue weighted by molar-refractivity contribution is 7.87. The second-order valence-electron chi connectivity index (χ2n) is 3.91. The summed E-state index contributed by atoms with van der Waals surface area (Å²) in [4.78, 5) is 14.5. The molecule has 1 rings (SSSR count). The molecule has 0 spiro atoms. The van der Waals surface area contributed by atoms with Crippen LogP contribution in [0.5, 0.6) is 0 Å². The monoisotopic (exact) mass is 280 g/mol. The van der Waals surface area contributed by atoms with Crippen LogP contribution in [-0.2, 0) is 10.2 Å². The van der Waals surface area contributed by atoms with Gasteiger partial charge in [-0.15, -0.1) is 0 Å². The van der Waals surface area contributed by atoms with E-state index in [-0.39, 0.29) is 6.03 Å². The Morgan fingerprint density at radius 1 is 1.33 bits per heavy atom. The van der Waals surface area contributed by atoms with E-state index in [1.807, 2.05) is 0 Å². The fraction of sp³-hybridized carbons (Fsp3) is 0.889. The molecule has 0 aromatic rings. The number of carbonyl (C=O) groups excluding carboxylic acids is 1. The van der Waals surface area contributed by atoms with E-state index in [1.54, 1.807) is 13.8 Å². The number of aliphatic hydroxyl groups excluding tert-OH is 1. The number of amides is 2. The molecule has 2 N–H and O–H groups in total. The number of nitrogens with one attached hydrogen (secondary N) is 1. The molecule has 18 heavy (non-hydrogen) atoms. The zero-order chi connectivity index (χ0) is 14.1. The first kappa shape index (κ1) is 15.2. The maximum atomic E-state index is 12.0. The van der Waals surface area contributed by atoms with Crippen molar-refractivity contribution in [3.63, 3.8) is 0 Å². The van der Waals surface area contributed by atoms with Crippen molar-refractivity contribution in [2.24, 2.45) is 0 Å². The number of carbonyl (C=O) groups is 1. The molecule has 9 heteroatoms. The van der Waals surface area contributed by atoms with Gasteiger partial charge in [0, 0.05) is 27.2 Å². The predicted octanol–water partition coefficient (Wildman–Crippen LogP) is -1.20. The zero-order valence-electron chi connectivity index (χ0n) is 11.0. The molecule has 1 heterocycles. The lowest BCUT2D eigenvalue weighted by Crippen LogP contribution is -2.53. The molecule has 2 amide bonds. The summed E-state index contributed by atoms with van der Waals surface area (Å²) in [6.07, 6.45) is -2.09. The Kier molecular flexibility index (Phi) is 4.54. The third kappa shape index (κ3) is 2.30. The first-order valence-corrected chi connectivity index (χ1v) is 7.17. The van der Waals surface area contributed by atoms with Crippen LogP contribution in [0, 0.1) is 0 Å². The average molecular weight is 280 g/mol. The van der Waals surface area contributed by atoms with Crippen LogP contribution >= 0.6 is 0 Å². The molecule has 0 aliphatic carbocycles. The van der Waals surface area contributed by atoms with Gasteiger partial charge in [-0.05, 0) is 13.8 Å². The van der Waals surface area contributed by atoms with E-state index in [0.717, 1.165) is 4.31 Å². The largest absolute Gasteiger partial charge is 0.370 e. The second kappa shape index (κ2) is 5.39. The third-order valence-electron chi connectivity index (χ3n) is 3.09. The van der Waals surface area contributed by atoms with E-state index < -0.39 is 22.6 Å². The summed E-state index contributed by atoms with van der Waals surface area (Å²) in [6.45, 7) is 4.10. The Morgan fingerprint density at radius 2 is 1.83 bits per heavy atom. The van der Waals surface area contributed by atoms with Crippen LogP contribution in [0.15, 0.2) is 0 Å². The summed E-state index contributed by atoms with van der Waals surface area (Å²) < 4.78 is 26.6. The minimum Gasteiger partial charge on any atom is -0.370 e. The molecule has 106 valence electrons. The number of urea groups is 1. The van der Waals surface area contributed by atoms with Crippen molar-refractivity contribution in [2.45, 2.75) is 26.2 Å². The average Bonchev–Trinajstić information content (AvgIpc) is 2.58. The minimum absolute atomic E-state index is 0.320. The lowest BCUT2D eigenvalue weighted by atomic mass is 10.4. The number of hydrogen-bond acceptors (Lipinski definition) is 4. The molecule has 0 aromatic heterocycles. The first-order chi connectivity index (χ1) is 8.31. The third-order valence-corrected chi connectivity index (χ3v) is 4.58. The van der Waals surface area contributed by atoms with Gasteiger partial charge in [-0.25, -0.2) is 9.52 Å². The van der Waals surface area contributed by atoms with Crippen molar-refractivity contribution >= 4 is 16.2 Å². The fourth-order valence-electron chi connectivity index (χ4n) is 2.03. The highest BCUT2D eigenvalue weighted by Crippen LogP contribution is 2.24. The number of nitrogens with zero attached hydrogens (tertiary/aromatic N) is 3. The Hall–Kier alpha value is -0.900. The normalized spacial score (nSPS) is 25.3. The van der Waals surface area contributed by atoms with Crippen LogP contribution in [0.2, 0.25) is 0 Å². The standard InChI is InChI=1S/C9H20N4O4S/c1-5-12-7(11(4)18(16,17)10-3)8(14)13(6-2)9(12)15/h7-8,10,14H,5-6H2,1-4H3/t7-,8+/m0/s1. The highest BCUT2D eigenvalue weighted by Gasteiger charge is 2.48. The molecule has 1 aliphatic rings. The van der Waals surface area contributed by atoms with Crippen LogP contribution in [0.4, 0.5) is 4.79 Å². The number of hydrogen-bond donors (Lipinski definition) is 2. The topological polar surface area (TPSA) is 93.2 Å². The molecule has 1 fully saturated rings. The Bertz CT molecular complexity index is 413. The van der Waals surface area contributed by atoms with Gasteiger partial charge in [0.2, 0.25) is 0 Å². The molecular formula is C9H20N4O4S. The van der Waals surface area contributed by atoms with E-state index in [0.29, 0.717) is 13.1 Å². The molecule has 1 aliphatic heterocycles. The zero-order valence-corrected chi connectivity index (χ0v) is 11.8. The highest BCUT2D eigenvalue weighted by atomic mass is 32.2. The van der Waals surface area contributed by atoms with Crippen molar-refractivity contribution in [1.82, 2.24) is 18.8 Å². The van der Waals surface area contributed by atoms with Gasteiger partial charge in [0.15, 0.2) is 6.23 Å². The van der Waals surface area contributed by atoms with Crippen LogP contribution in [0.3, 0.4) is 0 Å². The van der Waals surface area contributed by atoms with Gasteiger partial charge in [-0.1, -0.05) is 0 Å². The number of rotatable bonds is 5. The predicted molar refractivity (Wildman–Crippen MR) is 65.7 cm³/mol. The van der Waals surface area contributed by atoms with Gasteiger partial charge in [0.25, 0.3) is 10.2 Å². The van der Waals surface area contributed by atoms with Crippen LogP contribution in [0.25, 0.3) is 0 Å². The van der Waals surface area contributed by atoms with Crippen molar-refractivity contribution in [3.8, 4) is 0 Å². The SMILES string of the molecule is CCN1C(=O)N(CC)[C@H](N(C)S(=O)(=O)NC)[C@H]1O. The Morgan fingerprint density at radius 3 is 2.22 bits per heavy atom. The van der Waals surface area contributed by atoms with Gasteiger partial charge < -0.3 is 10.0 Å². The molecule has 2 atom stereocenters. The summed E-state index contributed by atoms with van der Waals surface area (Å²) in [7, 11) is -1.10. The van der Waals surface area contributed by atoms with E-state index >= 15 is 0 Å². The lowest BCUT2D eigenvalue weighted by molar-refractivity contribution is 0.00107. The summed E-state index contributed by atoms with van der Waals surface area (Å²) in [5.41, 5.74) is 0. The molecule has 1 saturated heterocycles. The summed E-state index contributed by atoms with van der Waals surface area (Å²) in [6, 6.07) is -0.365. The van der Waals surface area contributed by atoms with E-state index in [1.165, 1.54) is 23.9 Å².